The van der Waals surface area contributed by atoms with Crippen molar-refractivity contribution >= 4 is 44.9 Å². The van der Waals surface area contributed by atoms with E-state index in [4.69, 9.17) is 9.47 Å². The van der Waals surface area contributed by atoms with Crippen molar-refractivity contribution in [3.8, 4) is 11.5 Å². The molecule has 1 N–H and O–H groups in total. The fourth-order valence-corrected chi connectivity index (χ4v) is 4.44. The first-order valence-electron chi connectivity index (χ1n) is 8.31. The number of nitrogens with one attached hydrogen (secondary N) is 1. The fourth-order valence-electron chi connectivity index (χ4n) is 2.74. The zero-order chi connectivity index (χ0) is 19.0. The van der Waals surface area contributed by atoms with Gasteiger partial charge in [0.1, 0.15) is 18.0 Å². The minimum absolute atomic E-state index is 0.0981. The van der Waals surface area contributed by atoms with Gasteiger partial charge in [-0.25, -0.2) is 4.98 Å². The largest absolute Gasteiger partial charge is 0.486 e. The van der Waals surface area contributed by atoms with Gasteiger partial charge in [-0.3, -0.25) is 14.2 Å². The van der Waals surface area contributed by atoms with E-state index in [1.165, 1.54) is 27.7 Å². The van der Waals surface area contributed by atoms with Crippen LogP contribution in [-0.2, 0) is 11.8 Å². The normalized spacial score (nSPS) is 13.0. The van der Waals surface area contributed by atoms with Crippen LogP contribution in [0.5, 0.6) is 11.5 Å². The van der Waals surface area contributed by atoms with Gasteiger partial charge in [0.25, 0.3) is 5.56 Å². The van der Waals surface area contributed by atoms with Crippen molar-refractivity contribution in [3.63, 3.8) is 0 Å². The predicted octanol–water partition coefficient (Wildman–Crippen LogP) is 2.81. The molecule has 0 radical (unpaired) electrons. The van der Waals surface area contributed by atoms with Gasteiger partial charge in [-0.15, -0.1) is 11.3 Å². The number of nitrogens with zero attached hydrogens (tertiary/aromatic N) is 2. The Morgan fingerprint density at radius 3 is 2.89 bits per heavy atom. The minimum Gasteiger partial charge on any atom is -0.486 e. The molecule has 0 fully saturated rings. The van der Waals surface area contributed by atoms with Crippen molar-refractivity contribution in [2.45, 2.75) is 12.1 Å². The first-order valence-corrected chi connectivity index (χ1v) is 10.1. The number of rotatable bonds is 4. The second kappa shape index (κ2) is 7.24. The van der Waals surface area contributed by atoms with Gasteiger partial charge < -0.3 is 14.8 Å². The molecule has 4 rings (SSSR count). The first kappa shape index (κ1) is 17.9. The summed E-state index contributed by atoms with van der Waals surface area (Å²) in [6.45, 7) is 2.96. The van der Waals surface area contributed by atoms with E-state index in [-0.39, 0.29) is 17.2 Å². The monoisotopic (exact) mass is 403 g/mol. The van der Waals surface area contributed by atoms with E-state index in [1.54, 1.807) is 25.2 Å². The summed E-state index contributed by atoms with van der Waals surface area (Å²) in [5, 5.41) is 3.97. The Kier molecular flexibility index (Phi) is 4.79. The Hall–Kier alpha value is -2.52. The summed E-state index contributed by atoms with van der Waals surface area (Å²) in [6, 6.07) is 7.13. The van der Waals surface area contributed by atoms with E-state index < -0.39 is 0 Å². The minimum atomic E-state index is -0.187. The molecule has 0 saturated carbocycles. The van der Waals surface area contributed by atoms with Crippen LogP contribution in [0.3, 0.4) is 0 Å². The molecule has 9 heteroatoms. The Balaban J connectivity index is 1.46. The third-order valence-electron chi connectivity index (χ3n) is 4.01. The van der Waals surface area contributed by atoms with Crippen LogP contribution >= 0.6 is 23.1 Å². The zero-order valence-corrected chi connectivity index (χ0v) is 16.4. The number of hydrogen-bond donors (Lipinski definition) is 1. The molecule has 1 aliphatic heterocycles. The van der Waals surface area contributed by atoms with Crippen LogP contribution in [0.1, 0.15) is 4.88 Å². The lowest BCUT2D eigenvalue weighted by Gasteiger charge is -2.19. The summed E-state index contributed by atoms with van der Waals surface area (Å²) in [7, 11) is 1.67. The molecular formula is C18H17N3O4S2. The maximum absolute atomic E-state index is 12.4. The highest BCUT2D eigenvalue weighted by Gasteiger charge is 2.15. The molecule has 0 aliphatic carbocycles. The lowest BCUT2D eigenvalue weighted by molar-refractivity contribution is -0.113. The van der Waals surface area contributed by atoms with E-state index in [0.29, 0.717) is 45.8 Å². The number of aryl methyl sites for hydroxylation is 1. The van der Waals surface area contributed by atoms with Gasteiger partial charge in [0, 0.05) is 23.7 Å². The number of anilines is 1. The number of ether oxygens (including phenoxy) is 2. The molecule has 1 aliphatic rings. The van der Waals surface area contributed by atoms with Gasteiger partial charge in [-0.05, 0) is 25.1 Å². The van der Waals surface area contributed by atoms with Crippen molar-refractivity contribution < 1.29 is 14.3 Å². The summed E-state index contributed by atoms with van der Waals surface area (Å²) in [4.78, 5) is 31.0. The Morgan fingerprint density at radius 2 is 2.07 bits per heavy atom. The zero-order valence-electron chi connectivity index (χ0n) is 14.8. The van der Waals surface area contributed by atoms with Gasteiger partial charge in [0.2, 0.25) is 5.91 Å². The number of benzene rings is 1. The molecule has 2 aromatic heterocycles. The standard InChI is InChI=1S/C18H17N3O4S2/c1-10-7-12-16(27-10)20-18(21(2)17(12)23)26-9-15(22)19-11-3-4-13-14(8-11)25-6-5-24-13/h3-4,7-8H,5-6,9H2,1-2H3,(H,19,22). The average molecular weight is 403 g/mol. The van der Waals surface area contributed by atoms with Gasteiger partial charge in [-0.2, -0.15) is 0 Å². The number of thioether (sulfide) groups is 1. The number of thiophene rings is 1. The molecule has 0 atom stereocenters. The molecule has 3 heterocycles. The van der Waals surface area contributed by atoms with Crippen molar-refractivity contribution in [2.24, 2.45) is 7.05 Å². The van der Waals surface area contributed by atoms with E-state index in [9.17, 15) is 9.59 Å². The molecule has 0 spiro atoms. The molecule has 0 saturated heterocycles. The van der Waals surface area contributed by atoms with Gasteiger partial charge in [-0.1, -0.05) is 11.8 Å². The van der Waals surface area contributed by atoms with Crippen LogP contribution in [0.15, 0.2) is 34.2 Å². The SMILES string of the molecule is Cc1cc2c(=O)n(C)c(SCC(=O)Nc3ccc4c(c3)OCCO4)nc2s1. The Morgan fingerprint density at radius 1 is 1.30 bits per heavy atom. The van der Waals surface area contributed by atoms with E-state index in [2.05, 4.69) is 10.3 Å². The van der Waals surface area contributed by atoms with Crippen molar-refractivity contribution in [1.29, 1.82) is 0 Å². The summed E-state index contributed by atoms with van der Waals surface area (Å²) >= 11 is 2.71. The molecule has 27 heavy (non-hydrogen) atoms. The first-order chi connectivity index (χ1) is 13.0. The number of carbonyl (C=O) groups is 1. The van der Waals surface area contributed by atoms with Crippen LogP contribution < -0.4 is 20.3 Å². The lowest BCUT2D eigenvalue weighted by Crippen LogP contribution is -2.21. The highest BCUT2D eigenvalue weighted by atomic mass is 32.2. The van der Waals surface area contributed by atoms with Gasteiger partial charge >= 0.3 is 0 Å². The maximum Gasteiger partial charge on any atom is 0.262 e. The van der Waals surface area contributed by atoms with Crippen LogP contribution in [0, 0.1) is 6.92 Å². The summed E-state index contributed by atoms with van der Waals surface area (Å²) in [5.41, 5.74) is 0.537. The van der Waals surface area contributed by atoms with E-state index in [1.807, 2.05) is 13.0 Å². The molecule has 140 valence electrons. The van der Waals surface area contributed by atoms with Crippen LogP contribution in [0.2, 0.25) is 0 Å². The number of hydrogen-bond acceptors (Lipinski definition) is 7. The topological polar surface area (TPSA) is 82.5 Å². The number of amides is 1. The molecule has 7 nitrogen and oxygen atoms in total. The summed E-state index contributed by atoms with van der Waals surface area (Å²) in [6.07, 6.45) is 0. The second-order valence-corrected chi connectivity index (χ2v) is 8.21. The second-order valence-electron chi connectivity index (χ2n) is 6.03. The van der Waals surface area contributed by atoms with Crippen molar-refractivity contribution in [2.75, 3.05) is 24.3 Å². The maximum atomic E-state index is 12.4. The van der Waals surface area contributed by atoms with E-state index >= 15 is 0 Å². The molecule has 0 unspecified atom stereocenters. The van der Waals surface area contributed by atoms with Crippen LogP contribution in [0.25, 0.3) is 10.2 Å². The number of carbonyl (C=O) groups excluding carboxylic acids is 1. The quantitative estimate of drug-likeness (QED) is 0.533. The average Bonchev–Trinajstić information content (AvgIpc) is 3.04. The third kappa shape index (κ3) is 3.65. The Labute approximate surface area is 163 Å². The van der Waals surface area contributed by atoms with Crippen molar-refractivity contribution in [3.05, 3.63) is 39.5 Å². The Bertz CT molecular complexity index is 1090. The summed E-state index contributed by atoms with van der Waals surface area (Å²) < 4.78 is 12.5. The fraction of sp³-hybridized carbons (Fsp3) is 0.278. The highest BCUT2D eigenvalue weighted by Crippen LogP contribution is 2.32. The van der Waals surface area contributed by atoms with Crippen molar-refractivity contribution in [1.82, 2.24) is 9.55 Å². The van der Waals surface area contributed by atoms with Crippen LogP contribution in [0.4, 0.5) is 5.69 Å². The molecule has 3 aromatic rings. The molecule has 0 bridgehead atoms. The van der Waals surface area contributed by atoms with E-state index in [0.717, 1.165) is 4.88 Å². The number of fused-ring (bicyclic) bond motifs is 2. The lowest BCUT2D eigenvalue weighted by atomic mass is 10.2. The molecule has 1 aromatic carbocycles. The predicted molar refractivity (Wildman–Crippen MR) is 106 cm³/mol. The molecular weight excluding hydrogens is 386 g/mol. The summed E-state index contributed by atoms with van der Waals surface area (Å²) in [5.74, 6) is 1.25. The smallest absolute Gasteiger partial charge is 0.262 e. The third-order valence-corrected chi connectivity index (χ3v) is 5.99. The van der Waals surface area contributed by atoms with Gasteiger partial charge in [0.15, 0.2) is 16.7 Å². The molecule has 1 amide bonds. The van der Waals surface area contributed by atoms with Gasteiger partial charge in [0.05, 0.1) is 11.1 Å². The highest BCUT2D eigenvalue weighted by molar-refractivity contribution is 7.99. The van der Waals surface area contributed by atoms with Crippen LogP contribution in [-0.4, -0.2) is 34.4 Å². The number of aromatic nitrogens is 2.